The van der Waals surface area contributed by atoms with E-state index in [9.17, 15) is 4.79 Å². The molecular weight excluding hydrogens is 503 g/mol. The lowest BCUT2D eigenvalue weighted by Crippen LogP contribution is -2.74. The highest BCUT2D eigenvalue weighted by atomic mass is 16.7. The zero-order chi connectivity index (χ0) is 28.9. The van der Waals surface area contributed by atoms with Gasteiger partial charge in [0.25, 0.3) is 0 Å². The summed E-state index contributed by atoms with van der Waals surface area (Å²) in [6, 6.07) is 47.4. The second-order valence-electron chi connectivity index (χ2n) is 9.96. The van der Waals surface area contributed by atoms with Crippen LogP contribution in [0, 0.1) is 0 Å². The Labute approximate surface area is 244 Å². The molecule has 0 aliphatic heterocycles. The van der Waals surface area contributed by atoms with Crippen molar-refractivity contribution in [3.8, 4) is 0 Å². The van der Waals surface area contributed by atoms with Crippen LogP contribution in [-0.4, -0.2) is 30.2 Å². The van der Waals surface area contributed by atoms with Crippen LogP contribution in [0.25, 0.3) is 0 Å². The molecule has 4 nitrogen and oxygen atoms in total. The molecule has 41 heavy (non-hydrogen) atoms. The molecule has 0 radical (unpaired) electrons. The first-order valence-electron chi connectivity index (χ1n) is 14.5. The molecule has 5 rings (SSSR count). The lowest BCUT2D eigenvalue weighted by Gasteiger charge is -2.44. The Kier molecular flexibility index (Phi) is 10.5. The second-order valence-corrected chi connectivity index (χ2v) is 9.96. The number of aromatic nitrogens is 1. The van der Waals surface area contributed by atoms with E-state index in [-0.39, 0.29) is 6.09 Å². The van der Waals surface area contributed by atoms with Gasteiger partial charge in [-0.1, -0.05) is 128 Å². The molecule has 0 aliphatic carbocycles. The van der Waals surface area contributed by atoms with Gasteiger partial charge in [-0.25, -0.2) is 4.79 Å². The summed E-state index contributed by atoms with van der Waals surface area (Å²) in [6.45, 7) is 7.23. The van der Waals surface area contributed by atoms with E-state index in [4.69, 9.17) is 4.84 Å². The van der Waals surface area contributed by atoms with Gasteiger partial charge in [-0.15, -0.1) is 0 Å². The number of carbonyl (C=O) groups excluding carboxylic acids is 1. The van der Waals surface area contributed by atoms with E-state index < -0.39 is 6.15 Å². The Balaban J connectivity index is 0.000000210. The lowest BCUT2D eigenvalue weighted by atomic mass is 9.13. The Hall–Kier alpha value is -4.64. The molecule has 0 aliphatic rings. The van der Waals surface area contributed by atoms with Crippen LogP contribution in [0.15, 0.2) is 146 Å². The molecule has 0 saturated carbocycles. The van der Waals surface area contributed by atoms with Crippen LogP contribution < -0.4 is 31.4 Å². The minimum Gasteiger partial charge on any atom is -0.303 e. The molecule has 0 N–H and O–H groups in total. The van der Waals surface area contributed by atoms with Gasteiger partial charge in [0.05, 0.1) is 0 Å². The van der Waals surface area contributed by atoms with E-state index in [1.54, 1.807) is 11.1 Å². The summed E-state index contributed by atoms with van der Waals surface area (Å²) in [4.78, 5) is 18.5. The largest absolute Gasteiger partial charge is 0.478 e. The van der Waals surface area contributed by atoms with Crippen molar-refractivity contribution in [2.75, 3.05) is 13.1 Å². The first-order chi connectivity index (χ1) is 20.1. The molecule has 4 aromatic carbocycles. The second kappa shape index (κ2) is 14.7. The number of pyridine rings is 1. The number of hydrogen-bond donors (Lipinski definition) is 0. The molecule has 0 unspecified atom stereocenters. The fourth-order valence-corrected chi connectivity index (χ4v) is 5.52. The van der Waals surface area contributed by atoms with E-state index in [0.29, 0.717) is 13.1 Å². The monoisotopic (exact) mass is 542 g/mol. The first kappa shape index (κ1) is 29.4. The molecule has 208 valence electrons. The minimum atomic E-state index is -1.22. The summed E-state index contributed by atoms with van der Waals surface area (Å²) in [6.07, 6.45) is 2.93. The van der Waals surface area contributed by atoms with E-state index in [1.165, 1.54) is 26.6 Å². The maximum absolute atomic E-state index is 11.7. The average Bonchev–Trinajstić information content (AvgIpc) is 3.04. The summed E-state index contributed by atoms with van der Waals surface area (Å²) < 4.78 is 1.46. The Morgan fingerprint density at radius 1 is 0.610 bits per heavy atom. The number of benzene rings is 4. The summed E-state index contributed by atoms with van der Waals surface area (Å²) >= 11 is 0. The van der Waals surface area contributed by atoms with E-state index in [2.05, 4.69) is 128 Å². The fraction of sp³-hybridized carbons (Fsp3) is 0.167. The maximum atomic E-state index is 11.7. The molecule has 0 spiro atoms. The number of amides is 1. The number of aryl methyl sites for hydroxylation is 1. The number of carbonyl (C=O) groups is 1. The van der Waals surface area contributed by atoms with Gasteiger partial charge in [-0.05, 0) is 26.3 Å². The third-order valence-electron chi connectivity index (χ3n) is 7.65. The van der Waals surface area contributed by atoms with Gasteiger partial charge in [0, 0.05) is 29.4 Å². The fourth-order valence-electron chi connectivity index (χ4n) is 5.52. The average molecular weight is 543 g/mol. The highest BCUT2D eigenvalue weighted by Gasteiger charge is 2.31. The van der Waals surface area contributed by atoms with Gasteiger partial charge < -0.3 is 4.90 Å². The van der Waals surface area contributed by atoms with Crippen LogP contribution >= 0.6 is 0 Å². The SMILES string of the molecule is CCc1ccc[n+](OC(=O)N(CC)CC)c1.c1ccc([B-](c2ccccc2)(c2ccccc2)c2ccccc2)cc1. The zero-order valence-corrected chi connectivity index (χ0v) is 24.3. The van der Waals surface area contributed by atoms with Gasteiger partial charge in [0.2, 0.25) is 12.4 Å². The molecule has 5 aromatic rings. The zero-order valence-electron chi connectivity index (χ0n) is 24.3. The van der Waals surface area contributed by atoms with Gasteiger partial charge in [0.15, 0.2) is 0 Å². The predicted octanol–water partition coefficient (Wildman–Crippen LogP) is 4.49. The van der Waals surface area contributed by atoms with Crippen molar-refractivity contribution in [3.63, 3.8) is 0 Å². The van der Waals surface area contributed by atoms with Gasteiger partial charge in [-0.3, -0.25) is 0 Å². The Morgan fingerprint density at radius 3 is 1.34 bits per heavy atom. The third-order valence-corrected chi connectivity index (χ3v) is 7.65. The first-order valence-corrected chi connectivity index (χ1v) is 14.5. The molecule has 1 amide bonds. The molecular formula is C36H39BN2O2. The van der Waals surface area contributed by atoms with E-state index >= 15 is 0 Å². The molecule has 0 fully saturated rings. The maximum Gasteiger partial charge on any atom is 0.478 e. The van der Waals surface area contributed by atoms with E-state index in [1.807, 2.05) is 32.2 Å². The molecule has 1 aromatic heterocycles. The van der Waals surface area contributed by atoms with Crippen molar-refractivity contribution in [2.24, 2.45) is 0 Å². The van der Waals surface area contributed by atoms with Gasteiger partial charge >= 0.3 is 6.09 Å². The molecule has 0 bridgehead atoms. The summed E-state index contributed by atoms with van der Waals surface area (Å²) in [5.74, 6) is 0. The van der Waals surface area contributed by atoms with Gasteiger partial charge in [-0.2, -0.15) is 26.7 Å². The van der Waals surface area contributed by atoms with E-state index in [0.717, 1.165) is 12.0 Å². The van der Waals surface area contributed by atoms with Crippen LogP contribution in [-0.2, 0) is 6.42 Å². The quantitative estimate of drug-likeness (QED) is 0.214. The van der Waals surface area contributed by atoms with Crippen molar-refractivity contribution >= 4 is 34.1 Å². The highest BCUT2D eigenvalue weighted by Crippen LogP contribution is 2.09. The smallest absolute Gasteiger partial charge is 0.303 e. The van der Waals surface area contributed by atoms with Crippen LogP contribution in [0.2, 0.25) is 0 Å². The molecule has 0 saturated heterocycles. The van der Waals surface area contributed by atoms with Crippen molar-refractivity contribution in [1.82, 2.24) is 4.90 Å². The standard InChI is InChI=1S/C24H20B.C12H19N2O2/c1-5-13-21(14-6-1)25(22-15-7-2-8-16-22,23-17-9-3-10-18-23)24-19-11-4-12-20-24;1-4-11-8-7-9-14(10-11)16-12(15)13(5-2)6-3/h1-20H;7-10H,4-6H2,1-3H3/q-1;+1. The van der Waals surface area contributed by atoms with Crippen molar-refractivity contribution < 1.29 is 14.4 Å². The summed E-state index contributed by atoms with van der Waals surface area (Å²) in [5, 5.41) is 0. The van der Waals surface area contributed by atoms with Crippen molar-refractivity contribution in [3.05, 3.63) is 151 Å². The topological polar surface area (TPSA) is 33.4 Å². The number of nitrogens with zero attached hydrogens (tertiary/aromatic N) is 2. The number of rotatable bonds is 8. The molecule has 0 atom stereocenters. The van der Waals surface area contributed by atoms with Crippen LogP contribution in [0.4, 0.5) is 4.79 Å². The molecule has 1 heterocycles. The van der Waals surface area contributed by atoms with Crippen LogP contribution in [0.5, 0.6) is 0 Å². The third kappa shape index (κ3) is 6.93. The van der Waals surface area contributed by atoms with Crippen LogP contribution in [0.3, 0.4) is 0 Å². The highest BCUT2D eigenvalue weighted by molar-refractivity contribution is 7.19. The summed E-state index contributed by atoms with van der Waals surface area (Å²) in [7, 11) is 0. The Bertz CT molecular complexity index is 1310. The predicted molar refractivity (Wildman–Crippen MR) is 171 cm³/mol. The van der Waals surface area contributed by atoms with Crippen molar-refractivity contribution in [2.45, 2.75) is 27.2 Å². The Morgan fingerprint density at radius 2 is 1.00 bits per heavy atom. The minimum absolute atomic E-state index is 0.316. The van der Waals surface area contributed by atoms with Gasteiger partial charge in [0.1, 0.15) is 6.15 Å². The summed E-state index contributed by atoms with van der Waals surface area (Å²) in [5.41, 5.74) is 6.49. The van der Waals surface area contributed by atoms with Crippen molar-refractivity contribution in [1.29, 1.82) is 0 Å². The normalized spacial score (nSPS) is 10.7. The lowest BCUT2D eigenvalue weighted by molar-refractivity contribution is -0.869. The van der Waals surface area contributed by atoms with Crippen LogP contribution in [0.1, 0.15) is 26.3 Å². The molecule has 5 heteroatoms. The number of hydrogen-bond acceptors (Lipinski definition) is 2.